The molecule has 0 spiro atoms. The molecule has 2 aliphatic heterocycles. The number of β-amino-alcohol motifs (C(OH)–C–C–N with tert-alkyl or cyclic N) is 1. The molecule has 3 heterocycles. The molecule has 204 valence electrons. The normalized spacial score (nSPS) is 19.5. The first-order valence-electron chi connectivity index (χ1n) is 12.4. The van der Waals surface area contributed by atoms with Crippen LogP contribution in [0.15, 0.2) is 36.7 Å². The molecule has 1 aromatic carbocycles. The second-order valence-electron chi connectivity index (χ2n) is 9.17. The number of ether oxygens (including phenoxy) is 1. The Morgan fingerprint density at radius 2 is 1.70 bits per heavy atom. The SMILES string of the molecule is CC(=O)O.CC(=O)O.CC1CCN(C(=O)COc2ccccc2-c2nccn2[C@H]2CCNC[C@@H]2O)CC1. The Morgan fingerprint density at radius 1 is 1.08 bits per heavy atom. The first-order valence-corrected chi connectivity index (χ1v) is 12.4. The maximum atomic E-state index is 12.6. The van der Waals surface area contributed by atoms with Crippen LogP contribution in [0.5, 0.6) is 5.75 Å². The van der Waals surface area contributed by atoms with E-state index in [1.807, 2.05) is 39.9 Å². The minimum absolute atomic E-state index is 0.0289. The fourth-order valence-corrected chi connectivity index (χ4v) is 4.21. The van der Waals surface area contributed by atoms with Gasteiger partial charge in [-0.25, -0.2) is 4.98 Å². The topological polar surface area (TPSA) is 154 Å². The average molecular weight is 519 g/mol. The Balaban J connectivity index is 0.000000530. The van der Waals surface area contributed by atoms with Crippen molar-refractivity contribution in [2.24, 2.45) is 5.92 Å². The molecule has 1 aromatic heterocycles. The Morgan fingerprint density at radius 3 is 2.32 bits per heavy atom. The first-order chi connectivity index (χ1) is 17.6. The van der Waals surface area contributed by atoms with Crippen LogP contribution < -0.4 is 10.1 Å². The van der Waals surface area contributed by atoms with E-state index < -0.39 is 18.0 Å². The number of carbonyl (C=O) groups excluding carboxylic acids is 1. The van der Waals surface area contributed by atoms with E-state index in [4.69, 9.17) is 24.5 Å². The summed E-state index contributed by atoms with van der Waals surface area (Å²) in [6.07, 6.45) is 6.13. The number of imidazole rings is 1. The van der Waals surface area contributed by atoms with Gasteiger partial charge in [-0.1, -0.05) is 19.1 Å². The molecule has 0 unspecified atom stereocenters. The summed E-state index contributed by atoms with van der Waals surface area (Å²) in [7, 11) is 0. The third kappa shape index (κ3) is 9.85. The van der Waals surface area contributed by atoms with Crippen LogP contribution in [0.2, 0.25) is 0 Å². The highest BCUT2D eigenvalue weighted by Crippen LogP contribution is 2.32. The monoisotopic (exact) mass is 518 g/mol. The van der Waals surface area contributed by atoms with Crippen molar-refractivity contribution in [1.29, 1.82) is 0 Å². The molecule has 1 amide bonds. The highest BCUT2D eigenvalue weighted by molar-refractivity contribution is 5.78. The number of piperidine rings is 2. The van der Waals surface area contributed by atoms with Crippen LogP contribution >= 0.6 is 0 Å². The van der Waals surface area contributed by atoms with Crippen molar-refractivity contribution >= 4 is 17.8 Å². The number of carboxylic acids is 2. The Bertz CT molecular complexity index is 998. The van der Waals surface area contributed by atoms with Crippen molar-refractivity contribution < 1.29 is 34.4 Å². The van der Waals surface area contributed by atoms with Crippen molar-refractivity contribution in [3.05, 3.63) is 36.7 Å². The number of para-hydroxylation sites is 1. The Labute approximate surface area is 217 Å². The molecule has 2 fully saturated rings. The average Bonchev–Trinajstić information content (AvgIpc) is 3.32. The number of likely N-dealkylation sites (tertiary alicyclic amines) is 1. The highest BCUT2D eigenvalue weighted by atomic mass is 16.5. The molecule has 0 saturated carbocycles. The van der Waals surface area contributed by atoms with E-state index in [2.05, 4.69) is 17.2 Å². The zero-order chi connectivity index (χ0) is 27.4. The minimum atomic E-state index is -0.833. The molecule has 37 heavy (non-hydrogen) atoms. The van der Waals surface area contributed by atoms with Crippen molar-refractivity contribution in [2.75, 3.05) is 32.8 Å². The number of hydrogen-bond donors (Lipinski definition) is 4. The predicted octanol–water partition coefficient (Wildman–Crippen LogP) is 2.26. The van der Waals surface area contributed by atoms with Gasteiger partial charge in [0, 0.05) is 45.9 Å². The van der Waals surface area contributed by atoms with Crippen molar-refractivity contribution in [2.45, 2.75) is 52.2 Å². The Hall–Kier alpha value is -3.44. The number of aliphatic hydroxyl groups excluding tert-OH is 1. The molecule has 2 aromatic rings. The number of nitrogens with zero attached hydrogens (tertiary/aromatic N) is 3. The fraction of sp³-hybridized carbons (Fsp3) is 0.538. The van der Waals surface area contributed by atoms with Gasteiger partial charge in [0.1, 0.15) is 11.6 Å². The number of amides is 1. The lowest BCUT2D eigenvalue weighted by Gasteiger charge is -2.31. The van der Waals surface area contributed by atoms with Crippen molar-refractivity contribution in [3.8, 4) is 17.1 Å². The molecule has 4 N–H and O–H groups in total. The number of benzene rings is 1. The first kappa shape index (κ1) is 29.8. The highest BCUT2D eigenvalue weighted by Gasteiger charge is 2.27. The van der Waals surface area contributed by atoms with Gasteiger partial charge >= 0.3 is 0 Å². The maximum Gasteiger partial charge on any atom is 0.300 e. The van der Waals surface area contributed by atoms with E-state index in [1.165, 1.54) is 0 Å². The minimum Gasteiger partial charge on any atom is -0.483 e. The lowest BCUT2D eigenvalue weighted by atomic mass is 9.99. The van der Waals surface area contributed by atoms with Gasteiger partial charge in [0.15, 0.2) is 6.61 Å². The van der Waals surface area contributed by atoms with Gasteiger partial charge in [-0.15, -0.1) is 0 Å². The van der Waals surface area contributed by atoms with E-state index in [9.17, 15) is 9.90 Å². The van der Waals surface area contributed by atoms with Gasteiger partial charge < -0.3 is 34.8 Å². The summed E-state index contributed by atoms with van der Waals surface area (Å²) in [5, 5.41) is 28.5. The summed E-state index contributed by atoms with van der Waals surface area (Å²) < 4.78 is 7.98. The summed E-state index contributed by atoms with van der Waals surface area (Å²) in [5.74, 6) is 0.446. The van der Waals surface area contributed by atoms with Crippen LogP contribution in [0.25, 0.3) is 11.4 Å². The molecular formula is C26H38N4O7. The van der Waals surface area contributed by atoms with E-state index in [0.717, 1.165) is 64.1 Å². The standard InChI is InChI=1S/C22H30N4O3.2C2H4O2/c1-16-7-11-25(12-8-16)21(28)15-29-20-5-3-2-4-17(20)22-24-10-13-26(22)18-6-9-23-14-19(18)27;2*1-2(3)4/h2-5,10,13,16,18-19,23,27H,6-9,11-12,14-15H2,1H3;2*1H3,(H,3,4)/t18-,19-;;/m0../s1. The van der Waals surface area contributed by atoms with Crippen LogP contribution in [0.3, 0.4) is 0 Å². The zero-order valence-electron chi connectivity index (χ0n) is 21.7. The molecule has 11 heteroatoms. The van der Waals surface area contributed by atoms with Gasteiger partial charge in [0.2, 0.25) is 0 Å². The summed E-state index contributed by atoms with van der Waals surface area (Å²) in [4.78, 5) is 37.0. The smallest absolute Gasteiger partial charge is 0.300 e. The maximum absolute atomic E-state index is 12.6. The summed E-state index contributed by atoms with van der Waals surface area (Å²) in [6, 6.07) is 7.64. The molecule has 0 aliphatic carbocycles. The lowest BCUT2D eigenvalue weighted by Crippen LogP contribution is -2.41. The number of nitrogens with one attached hydrogen (secondary N) is 1. The Kier molecular flexibility index (Phi) is 12.0. The predicted molar refractivity (Wildman–Crippen MR) is 137 cm³/mol. The van der Waals surface area contributed by atoms with Crippen LogP contribution in [0.1, 0.15) is 46.1 Å². The van der Waals surface area contributed by atoms with Crippen molar-refractivity contribution in [1.82, 2.24) is 19.8 Å². The van der Waals surface area contributed by atoms with Crippen LogP contribution in [0, 0.1) is 5.92 Å². The summed E-state index contributed by atoms with van der Waals surface area (Å²) >= 11 is 0. The quantitative estimate of drug-likeness (QED) is 0.467. The number of hydrogen-bond acceptors (Lipinski definition) is 7. The zero-order valence-corrected chi connectivity index (χ0v) is 21.7. The third-order valence-electron chi connectivity index (χ3n) is 6.06. The second kappa shape index (κ2) is 15.0. The molecular weight excluding hydrogens is 480 g/mol. The van der Waals surface area contributed by atoms with Gasteiger partial charge in [0.25, 0.3) is 17.8 Å². The van der Waals surface area contributed by atoms with Crippen LogP contribution in [-0.4, -0.2) is 86.5 Å². The molecule has 2 saturated heterocycles. The number of aliphatic carboxylic acids is 2. The largest absolute Gasteiger partial charge is 0.483 e. The molecule has 2 atom stereocenters. The fourth-order valence-electron chi connectivity index (χ4n) is 4.21. The van der Waals surface area contributed by atoms with Crippen LogP contribution in [-0.2, 0) is 14.4 Å². The molecule has 0 radical (unpaired) electrons. The van der Waals surface area contributed by atoms with Gasteiger partial charge in [-0.05, 0) is 43.9 Å². The van der Waals surface area contributed by atoms with E-state index in [0.29, 0.717) is 18.2 Å². The second-order valence-corrected chi connectivity index (χ2v) is 9.17. The number of aromatic nitrogens is 2. The number of rotatable bonds is 5. The summed E-state index contributed by atoms with van der Waals surface area (Å²) in [6.45, 7) is 7.48. The molecule has 0 bridgehead atoms. The van der Waals surface area contributed by atoms with Gasteiger partial charge in [-0.2, -0.15) is 0 Å². The van der Waals surface area contributed by atoms with Crippen LogP contribution in [0.4, 0.5) is 0 Å². The summed E-state index contributed by atoms with van der Waals surface area (Å²) in [5.41, 5.74) is 0.836. The molecule has 2 aliphatic rings. The van der Waals surface area contributed by atoms with Crippen molar-refractivity contribution in [3.63, 3.8) is 0 Å². The van der Waals surface area contributed by atoms with Gasteiger partial charge in [-0.3, -0.25) is 14.4 Å². The van der Waals surface area contributed by atoms with E-state index >= 15 is 0 Å². The van der Waals surface area contributed by atoms with E-state index in [1.54, 1.807) is 6.20 Å². The molecule has 11 nitrogen and oxygen atoms in total. The third-order valence-corrected chi connectivity index (χ3v) is 6.06. The van der Waals surface area contributed by atoms with E-state index in [-0.39, 0.29) is 18.6 Å². The molecule has 4 rings (SSSR count). The van der Waals surface area contributed by atoms with Gasteiger partial charge in [0.05, 0.1) is 17.7 Å². The lowest BCUT2D eigenvalue weighted by molar-refractivity contribution is -0.135. The number of aliphatic hydroxyl groups is 1. The number of carboxylic acid groups (broad SMARTS) is 2. The number of carbonyl (C=O) groups is 3.